The number of methoxy groups -OCH3 is 1. The number of hydrogen-bond donors (Lipinski definition) is 3. The molecule has 0 fully saturated rings. The first-order chi connectivity index (χ1) is 17.0. The van der Waals surface area contributed by atoms with Crippen LogP contribution in [0.2, 0.25) is 0 Å². The summed E-state index contributed by atoms with van der Waals surface area (Å²) in [6, 6.07) is 19.1. The third-order valence-electron chi connectivity index (χ3n) is 5.88. The summed E-state index contributed by atoms with van der Waals surface area (Å²) in [5.41, 5.74) is 4.03. The van der Waals surface area contributed by atoms with E-state index in [4.69, 9.17) is 4.74 Å². The second-order valence-corrected chi connectivity index (χ2v) is 8.90. The summed E-state index contributed by atoms with van der Waals surface area (Å²) >= 11 is 0. The van der Waals surface area contributed by atoms with Crippen molar-refractivity contribution in [2.45, 2.75) is 32.9 Å². The van der Waals surface area contributed by atoms with Crippen LogP contribution in [0.15, 0.2) is 73.2 Å². The zero-order valence-electron chi connectivity index (χ0n) is 20.2. The van der Waals surface area contributed by atoms with Crippen molar-refractivity contribution in [3.63, 3.8) is 0 Å². The highest BCUT2D eigenvalue weighted by atomic mass is 16.5. The Morgan fingerprint density at radius 2 is 1.83 bits per heavy atom. The molecule has 1 atom stereocenters. The van der Waals surface area contributed by atoms with Gasteiger partial charge in [-0.15, -0.1) is 0 Å². The number of amides is 1. The van der Waals surface area contributed by atoms with Gasteiger partial charge < -0.3 is 20.4 Å². The summed E-state index contributed by atoms with van der Waals surface area (Å²) in [7, 11) is 1.34. The molecular weight excluding hydrogens is 440 g/mol. The van der Waals surface area contributed by atoms with E-state index in [2.05, 4.69) is 32.7 Å². The Labute approximate surface area is 204 Å². The molecule has 0 spiro atoms. The normalized spacial score (nSPS) is 11.9. The topological polar surface area (TPSA) is 96.1 Å². The summed E-state index contributed by atoms with van der Waals surface area (Å²) in [4.78, 5) is 33.0. The molecule has 0 saturated carbocycles. The number of H-pyrrole nitrogens is 1. The maximum absolute atomic E-state index is 13.5. The van der Waals surface area contributed by atoms with E-state index in [9.17, 15) is 9.59 Å². The molecule has 1 heterocycles. The Hall–Kier alpha value is -4.13. The zero-order valence-corrected chi connectivity index (χ0v) is 20.2. The first-order valence-corrected chi connectivity index (χ1v) is 11.7. The molecule has 0 saturated heterocycles. The first kappa shape index (κ1) is 24.0. The summed E-state index contributed by atoms with van der Waals surface area (Å²) < 4.78 is 4.94. The van der Waals surface area contributed by atoms with Crippen molar-refractivity contribution >= 4 is 28.3 Å². The number of nitrogens with zero attached hydrogens (tertiary/aromatic N) is 1. The number of hydrogen-bond acceptors (Lipinski definition) is 5. The predicted octanol–water partition coefficient (Wildman–Crippen LogP) is 5.16. The fraction of sp³-hybridized carbons (Fsp3) is 0.250. The smallest absolute Gasteiger partial charge is 0.328 e. The molecule has 4 rings (SSSR count). The number of aromatic amines is 1. The van der Waals surface area contributed by atoms with Crippen molar-refractivity contribution in [2.75, 3.05) is 12.4 Å². The summed E-state index contributed by atoms with van der Waals surface area (Å²) in [6.45, 7) is 4.58. The quantitative estimate of drug-likeness (QED) is 0.294. The number of nitrogens with one attached hydrogen (secondary N) is 3. The van der Waals surface area contributed by atoms with Gasteiger partial charge in [-0.05, 0) is 52.4 Å². The van der Waals surface area contributed by atoms with Crippen LogP contribution in [0.3, 0.4) is 0 Å². The van der Waals surface area contributed by atoms with E-state index in [0.717, 1.165) is 33.3 Å². The second kappa shape index (κ2) is 10.9. The van der Waals surface area contributed by atoms with Gasteiger partial charge in [0.1, 0.15) is 6.04 Å². The predicted molar refractivity (Wildman–Crippen MR) is 138 cm³/mol. The molecule has 0 aliphatic carbocycles. The number of aromatic nitrogens is 2. The third-order valence-corrected chi connectivity index (χ3v) is 5.88. The minimum absolute atomic E-state index is 0.214. The number of fused-ring (bicyclic) bond motifs is 1. The van der Waals surface area contributed by atoms with Crippen LogP contribution in [-0.2, 0) is 16.1 Å². The molecule has 0 aliphatic rings. The van der Waals surface area contributed by atoms with Crippen molar-refractivity contribution in [3.05, 3.63) is 84.4 Å². The first-order valence-electron chi connectivity index (χ1n) is 11.7. The van der Waals surface area contributed by atoms with Gasteiger partial charge in [0.2, 0.25) is 0 Å². The maximum atomic E-state index is 13.5. The average molecular weight is 471 g/mol. The number of anilines is 1. The van der Waals surface area contributed by atoms with Gasteiger partial charge in [-0.1, -0.05) is 56.3 Å². The van der Waals surface area contributed by atoms with Crippen LogP contribution in [0.25, 0.3) is 21.9 Å². The molecule has 1 aromatic heterocycles. The molecule has 180 valence electrons. The van der Waals surface area contributed by atoms with Crippen molar-refractivity contribution in [1.29, 1.82) is 0 Å². The van der Waals surface area contributed by atoms with Gasteiger partial charge >= 0.3 is 5.97 Å². The van der Waals surface area contributed by atoms with Gasteiger partial charge in [0, 0.05) is 17.4 Å². The van der Waals surface area contributed by atoms with Crippen molar-refractivity contribution in [1.82, 2.24) is 15.3 Å². The average Bonchev–Trinajstić information content (AvgIpc) is 3.39. The molecule has 0 radical (unpaired) electrons. The molecule has 3 N–H and O–H groups in total. The maximum Gasteiger partial charge on any atom is 0.328 e. The Morgan fingerprint density at radius 3 is 2.57 bits per heavy atom. The molecule has 0 unspecified atom stereocenters. The van der Waals surface area contributed by atoms with E-state index < -0.39 is 12.0 Å². The molecule has 0 aliphatic heterocycles. The van der Waals surface area contributed by atoms with Gasteiger partial charge in [0.25, 0.3) is 5.91 Å². The lowest BCUT2D eigenvalue weighted by atomic mass is 9.93. The van der Waals surface area contributed by atoms with E-state index in [1.165, 1.54) is 7.11 Å². The van der Waals surface area contributed by atoms with Crippen LogP contribution in [-0.4, -0.2) is 35.0 Å². The van der Waals surface area contributed by atoms with E-state index in [1.54, 1.807) is 18.6 Å². The monoisotopic (exact) mass is 470 g/mol. The standard InChI is InChI=1S/C28H30N4O3/c1-18(2)13-26(28(34)35-3)32-27(33)24-12-11-20(30-16-21-15-29-17-31-21)14-25(24)23-10-6-8-19-7-4-5-9-22(19)23/h4-12,14-15,17-18,26,30H,13,16H2,1-3H3,(H,29,31)(H,32,33)/t26-/m1/s1. The molecule has 4 aromatic rings. The summed E-state index contributed by atoms with van der Waals surface area (Å²) in [5.74, 6) is -0.549. The number of benzene rings is 3. The molecule has 7 heteroatoms. The van der Waals surface area contributed by atoms with Gasteiger partial charge in [-0.25, -0.2) is 9.78 Å². The minimum Gasteiger partial charge on any atom is -0.467 e. The number of carbonyl (C=O) groups excluding carboxylic acids is 2. The SMILES string of the molecule is COC(=O)[C@@H](CC(C)C)NC(=O)c1ccc(NCc2cnc[nH]2)cc1-c1cccc2ccccc12. The number of rotatable bonds is 9. The number of ether oxygens (including phenoxy) is 1. The molecule has 35 heavy (non-hydrogen) atoms. The van der Waals surface area contributed by atoms with Crippen molar-refractivity contribution in [2.24, 2.45) is 5.92 Å². The molecule has 3 aromatic carbocycles. The van der Waals surface area contributed by atoms with E-state index >= 15 is 0 Å². The highest BCUT2D eigenvalue weighted by Gasteiger charge is 2.25. The molecule has 1 amide bonds. The molecule has 7 nitrogen and oxygen atoms in total. The highest BCUT2D eigenvalue weighted by Crippen LogP contribution is 2.33. The van der Waals surface area contributed by atoms with Gasteiger partial charge in [0.15, 0.2) is 0 Å². The lowest BCUT2D eigenvalue weighted by Crippen LogP contribution is -2.42. The summed E-state index contributed by atoms with van der Waals surface area (Å²) in [5, 5.41) is 8.41. The fourth-order valence-electron chi connectivity index (χ4n) is 4.18. The van der Waals surface area contributed by atoms with Crippen molar-refractivity contribution < 1.29 is 14.3 Å². The fourth-order valence-corrected chi connectivity index (χ4v) is 4.18. The lowest BCUT2D eigenvalue weighted by molar-refractivity contribution is -0.143. The second-order valence-electron chi connectivity index (χ2n) is 8.90. The summed E-state index contributed by atoms with van der Waals surface area (Å²) in [6.07, 6.45) is 3.90. The Balaban J connectivity index is 1.74. The van der Waals surface area contributed by atoms with Crippen LogP contribution < -0.4 is 10.6 Å². The van der Waals surface area contributed by atoms with Crippen molar-refractivity contribution in [3.8, 4) is 11.1 Å². The van der Waals surface area contributed by atoms with Gasteiger partial charge in [0.05, 0.1) is 25.7 Å². The Kier molecular flexibility index (Phi) is 7.45. The molecular formula is C28H30N4O3. The number of esters is 1. The Morgan fingerprint density at radius 1 is 1.03 bits per heavy atom. The Bertz CT molecular complexity index is 1310. The minimum atomic E-state index is -0.717. The van der Waals surface area contributed by atoms with E-state index in [-0.39, 0.29) is 11.8 Å². The zero-order chi connectivity index (χ0) is 24.8. The highest BCUT2D eigenvalue weighted by molar-refractivity contribution is 6.07. The third kappa shape index (κ3) is 5.69. The van der Waals surface area contributed by atoms with Gasteiger partial charge in [-0.2, -0.15) is 0 Å². The number of carbonyl (C=O) groups is 2. The lowest BCUT2D eigenvalue weighted by Gasteiger charge is -2.20. The van der Waals surface area contributed by atoms with Gasteiger partial charge in [-0.3, -0.25) is 4.79 Å². The van der Waals surface area contributed by atoms with E-state index in [0.29, 0.717) is 18.5 Å². The number of imidazole rings is 1. The largest absolute Gasteiger partial charge is 0.467 e. The van der Waals surface area contributed by atoms with Crippen LogP contribution in [0.4, 0.5) is 5.69 Å². The molecule has 0 bridgehead atoms. The van der Waals surface area contributed by atoms with Crippen LogP contribution in [0, 0.1) is 5.92 Å². The van der Waals surface area contributed by atoms with Crippen LogP contribution in [0.1, 0.15) is 36.3 Å². The van der Waals surface area contributed by atoms with Crippen LogP contribution >= 0.6 is 0 Å². The van der Waals surface area contributed by atoms with Crippen LogP contribution in [0.5, 0.6) is 0 Å². The van der Waals surface area contributed by atoms with E-state index in [1.807, 2.05) is 56.3 Å².